The van der Waals surface area contributed by atoms with Crippen molar-refractivity contribution in [1.29, 1.82) is 0 Å². The van der Waals surface area contributed by atoms with Crippen LogP contribution in [0, 0.1) is 0 Å². The first kappa shape index (κ1) is 19.4. The Bertz CT molecular complexity index is 1150. The molecule has 30 heavy (non-hydrogen) atoms. The molecule has 0 radical (unpaired) electrons. The van der Waals surface area contributed by atoms with Gasteiger partial charge in [0.1, 0.15) is 0 Å². The lowest BCUT2D eigenvalue weighted by Crippen LogP contribution is -2.30. The quantitative estimate of drug-likeness (QED) is 0.477. The van der Waals surface area contributed by atoms with Gasteiger partial charge in [0.15, 0.2) is 0 Å². The van der Waals surface area contributed by atoms with E-state index < -0.39 is 5.97 Å². The third-order valence-electron chi connectivity index (χ3n) is 5.05. The first-order chi connectivity index (χ1) is 14.6. The highest BCUT2D eigenvalue weighted by Crippen LogP contribution is 2.21. The van der Waals surface area contributed by atoms with Crippen LogP contribution in [0.2, 0.25) is 0 Å². The van der Waals surface area contributed by atoms with Crippen molar-refractivity contribution in [3.8, 4) is 0 Å². The van der Waals surface area contributed by atoms with Crippen molar-refractivity contribution in [2.75, 3.05) is 0 Å². The number of nitrogens with zero attached hydrogens (tertiary/aromatic N) is 1. The number of carboxylic acid groups (broad SMARTS) is 1. The van der Waals surface area contributed by atoms with E-state index in [2.05, 4.69) is 0 Å². The molecule has 1 amide bonds. The minimum absolute atomic E-state index is 0.0630. The van der Waals surface area contributed by atoms with Gasteiger partial charge in [-0.15, -0.1) is 0 Å². The molecule has 0 saturated heterocycles. The normalized spacial score (nSPS) is 10.7. The Kier molecular flexibility index (Phi) is 5.57. The summed E-state index contributed by atoms with van der Waals surface area (Å²) in [6, 6.07) is 30.2. The summed E-state index contributed by atoms with van der Waals surface area (Å²) in [5, 5.41) is 10.8. The molecule has 0 bridgehead atoms. The first-order valence-corrected chi connectivity index (χ1v) is 9.74. The van der Waals surface area contributed by atoms with Gasteiger partial charge in [-0.05, 0) is 46.2 Å². The second-order valence-electron chi connectivity index (χ2n) is 7.21. The molecule has 0 spiro atoms. The number of carboxylic acids is 1. The molecular weight excluding hydrogens is 374 g/mol. The van der Waals surface area contributed by atoms with Crippen LogP contribution in [0.1, 0.15) is 31.8 Å². The molecule has 148 valence electrons. The molecule has 0 aliphatic carbocycles. The molecule has 4 nitrogen and oxygen atoms in total. The fourth-order valence-electron chi connectivity index (χ4n) is 3.50. The molecule has 0 heterocycles. The maximum Gasteiger partial charge on any atom is 0.335 e. The molecule has 4 aromatic carbocycles. The van der Waals surface area contributed by atoms with Crippen LogP contribution in [-0.2, 0) is 13.1 Å². The van der Waals surface area contributed by atoms with Crippen molar-refractivity contribution in [2.45, 2.75) is 13.1 Å². The number of fused-ring (bicyclic) bond motifs is 1. The second-order valence-corrected chi connectivity index (χ2v) is 7.21. The van der Waals surface area contributed by atoms with Gasteiger partial charge < -0.3 is 10.0 Å². The topological polar surface area (TPSA) is 57.6 Å². The minimum atomic E-state index is -0.964. The third-order valence-corrected chi connectivity index (χ3v) is 5.05. The number of aromatic carboxylic acids is 1. The average Bonchev–Trinajstić information content (AvgIpc) is 2.79. The molecule has 0 aliphatic rings. The van der Waals surface area contributed by atoms with E-state index in [1.807, 2.05) is 71.6 Å². The summed E-state index contributed by atoms with van der Waals surface area (Å²) in [5.74, 6) is -1.03. The number of amides is 1. The number of hydrogen-bond acceptors (Lipinski definition) is 2. The summed E-state index contributed by atoms with van der Waals surface area (Å²) in [5.41, 5.74) is 2.94. The lowest BCUT2D eigenvalue weighted by atomic mass is 10.0. The van der Waals surface area contributed by atoms with Crippen molar-refractivity contribution in [1.82, 2.24) is 4.90 Å². The SMILES string of the molecule is O=C(O)c1ccc2cc(C(=O)N(Cc3ccccc3)Cc3ccccc3)ccc2c1. The zero-order valence-electron chi connectivity index (χ0n) is 16.4. The van der Waals surface area contributed by atoms with E-state index in [-0.39, 0.29) is 11.5 Å². The molecule has 0 aromatic heterocycles. The summed E-state index contributed by atoms with van der Waals surface area (Å²) < 4.78 is 0. The van der Waals surface area contributed by atoms with Gasteiger partial charge in [0, 0.05) is 18.7 Å². The Labute approximate surface area is 175 Å². The lowest BCUT2D eigenvalue weighted by Gasteiger charge is -2.23. The summed E-state index contributed by atoms with van der Waals surface area (Å²) in [6.07, 6.45) is 0. The number of benzene rings is 4. The zero-order chi connectivity index (χ0) is 20.9. The van der Waals surface area contributed by atoms with Gasteiger partial charge in [-0.2, -0.15) is 0 Å². The standard InChI is InChI=1S/C26H21NO3/c28-25(23-13-11-22-16-24(26(29)30)14-12-21(22)15-23)27(17-19-7-3-1-4-8-19)18-20-9-5-2-6-10-20/h1-16H,17-18H2,(H,29,30). The highest BCUT2D eigenvalue weighted by atomic mass is 16.4. The van der Waals surface area contributed by atoms with Crippen LogP contribution in [-0.4, -0.2) is 21.9 Å². The Morgan fingerprint density at radius 2 is 1.10 bits per heavy atom. The smallest absolute Gasteiger partial charge is 0.335 e. The number of rotatable bonds is 6. The molecule has 0 saturated carbocycles. The first-order valence-electron chi connectivity index (χ1n) is 9.74. The molecule has 4 aromatic rings. The van der Waals surface area contributed by atoms with Crippen molar-refractivity contribution in [3.05, 3.63) is 119 Å². The van der Waals surface area contributed by atoms with E-state index in [9.17, 15) is 14.7 Å². The van der Waals surface area contributed by atoms with Crippen LogP contribution in [0.5, 0.6) is 0 Å². The van der Waals surface area contributed by atoms with E-state index in [0.717, 1.165) is 21.9 Å². The van der Waals surface area contributed by atoms with E-state index in [1.54, 1.807) is 30.3 Å². The van der Waals surface area contributed by atoms with Gasteiger partial charge in [0.05, 0.1) is 5.56 Å². The Hall–Kier alpha value is -3.92. The Morgan fingerprint density at radius 3 is 1.60 bits per heavy atom. The van der Waals surface area contributed by atoms with E-state index in [0.29, 0.717) is 18.7 Å². The van der Waals surface area contributed by atoms with Crippen molar-refractivity contribution in [2.24, 2.45) is 0 Å². The average molecular weight is 395 g/mol. The largest absolute Gasteiger partial charge is 0.478 e. The van der Waals surface area contributed by atoms with Gasteiger partial charge in [-0.1, -0.05) is 72.8 Å². The van der Waals surface area contributed by atoms with Crippen molar-refractivity contribution in [3.63, 3.8) is 0 Å². The molecule has 0 atom stereocenters. The molecule has 4 rings (SSSR count). The summed E-state index contributed by atoms with van der Waals surface area (Å²) in [6.45, 7) is 1.01. The van der Waals surface area contributed by atoms with Crippen molar-refractivity contribution < 1.29 is 14.7 Å². The number of hydrogen-bond donors (Lipinski definition) is 1. The fourth-order valence-corrected chi connectivity index (χ4v) is 3.50. The van der Waals surface area contributed by atoms with Crippen LogP contribution < -0.4 is 0 Å². The minimum Gasteiger partial charge on any atom is -0.478 e. The van der Waals surface area contributed by atoms with Crippen molar-refractivity contribution >= 4 is 22.6 Å². The van der Waals surface area contributed by atoms with E-state index >= 15 is 0 Å². The highest BCUT2D eigenvalue weighted by Gasteiger charge is 2.17. The van der Waals surface area contributed by atoms with Crippen LogP contribution in [0.3, 0.4) is 0 Å². The Balaban J connectivity index is 1.66. The maximum absolute atomic E-state index is 13.4. The fraction of sp³-hybridized carbons (Fsp3) is 0.0769. The second kappa shape index (κ2) is 8.62. The number of carbonyl (C=O) groups excluding carboxylic acids is 1. The van der Waals surface area contributed by atoms with Gasteiger partial charge in [-0.25, -0.2) is 4.79 Å². The number of carbonyl (C=O) groups is 2. The lowest BCUT2D eigenvalue weighted by molar-refractivity contribution is 0.0695. The van der Waals surface area contributed by atoms with Gasteiger partial charge in [0.2, 0.25) is 0 Å². The molecule has 1 N–H and O–H groups in total. The molecule has 0 unspecified atom stereocenters. The van der Waals surface area contributed by atoms with Gasteiger partial charge in [-0.3, -0.25) is 4.79 Å². The molecule has 4 heteroatoms. The highest BCUT2D eigenvalue weighted by molar-refractivity contribution is 6.00. The predicted molar refractivity (Wildman–Crippen MR) is 117 cm³/mol. The monoisotopic (exact) mass is 395 g/mol. The summed E-state index contributed by atoms with van der Waals surface area (Å²) in [4.78, 5) is 26.4. The van der Waals surface area contributed by atoms with Crippen LogP contribution in [0.4, 0.5) is 0 Å². The van der Waals surface area contributed by atoms with Gasteiger partial charge in [0.25, 0.3) is 5.91 Å². The van der Waals surface area contributed by atoms with E-state index in [1.165, 1.54) is 0 Å². The predicted octanol–water partition coefficient (Wildman–Crippen LogP) is 5.38. The molecular formula is C26H21NO3. The summed E-state index contributed by atoms with van der Waals surface area (Å²) in [7, 11) is 0. The zero-order valence-corrected chi connectivity index (χ0v) is 16.4. The maximum atomic E-state index is 13.4. The van der Waals surface area contributed by atoms with E-state index in [4.69, 9.17) is 0 Å². The van der Waals surface area contributed by atoms with Gasteiger partial charge >= 0.3 is 5.97 Å². The summed E-state index contributed by atoms with van der Waals surface area (Å²) >= 11 is 0. The molecule has 0 aliphatic heterocycles. The Morgan fingerprint density at radius 1 is 0.633 bits per heavy atom. The molecule has 0 fully saturated rings. The van der Waals surface area contributed by atoms with Crippen LogP contribution >= 0.6 is 0 Å². The third kappa shape index (κ3) is 4.39. The van der Waals surface area contributed by atoms with Crippen LogP contribution in [0.25, 0.3) is 10.8 Å². The van der Waals surface area contributed by atoms with Crippen LogP contribution in [0.15, 0.2) is 97.1 Å².